The van der Waals surface area contributed by atoms with Crippen molar-refractivity contribution in [3.63, 3.8) is 0 Å². The minimum Gasteiger partial charge on any atom is -0.394 e. The van der Waals surface area contributed by atoms with Crippen molar-refractivity contribution in [2.75, 3.05) is 11.9 Å². The van der Waals surface area contributed by atoms with E-state index in [1.807, 2.05) is 0 Å². The highest BCUT2D eigenvalue weighted by molar-refractivity contribution is 6.07. The number of nitrogens with one attached hydrogen (secondary N) is 1. The molecular formula is C18H19NO6. The standard InChI is InChI=1S/C18H19NO6/c1-2-9-5-10-3-4-12(6-11(10)7-13(9)21)19-15-17(23)16(22)14(8-20)25-18(15)24/h1,3-6,14-20,22-24H,7-8H2/t14?,15?,16-,17-,18?/m1/s1. The SMILES string of the molecule is C#CC1=Cc2ccc(NC3C(O)OC(CO)[C@@H](O)[C@@H]3O)cc2CC1=O. The molecule has 7 heteroatoms. The number of aliphatic hydroxyl groups excluding tert-OH is 4. The van der Waals surface area contributed by atoms with Gasteiger partial charge < -0.3 is 30.5 Å². The summed E-state index contributed by atoms with van der Waals surface area (Å²) in [6.07, 6.45) is 1.97. The molecule has 1 heterocycles. The zero-order valence-electron chi connectivity index (χ0n) is 13.3. The fourth-order valence-electron chi connectivity index (χ4n) is 3.06. The molecule has 1 fully saturated rings. The van der Waals surface area contributed by atoms with Crippen LogP contribution in [-0.2, 0) is 16.0 Å². The van der Waals surface area contributed by atoms with E-state index in [1.165, 1.54) is 0 Å². The predicted molar refractivity (Wildman–Crippen MR) is 89.4 cm³/mol. The number of fused-ring (bicyclic) bond motifs is 1. The highest BCUT2D eigenvalue weighted by Crippen LogP contribution is 2.27. The summed E-state index contributed by atoms with van der Waals surface area (Å²) in [7, 11) is 0. The van der Waals surface area contributed by atoms with Crippen molar-refractivity contribution in [3.05, 3.63) is 34.9 Å². The predicted octanol–water partition coefficient (Wildman–Crippen LogP) is -0.960. The van der Waals surface area contributed by atoms with Gasteiger partial charge in [0, 0.05) is 12.1 Å². The van der Waals surface area contributed by atoms with Crippen molar-refractivity contribution >= 4 is 17.5 Å². The molecule has 0 amide bonds. The van der Waals surface area contributed by atoms with Gasteiger partial charge in [-0.15, -0.1) is 6.42 Å². The maximum absolute atomic E-state index is 11.9. The number of carbonyl (C=O) groups is 1. The van der Waals surface area contributed by atoms with Crippen LogP contribution >= 0.6 is 0 Å². The number of aliphatic hydroxyl groups is 4. The fourth-order valence-corrected chi connectivity index (χ4v) is 3.06. The van der Waals surface area contributed by atoms with Crippen molar-refractivity contribution < 1.29 is 30.0 Å². The lowest BCUT2D eigenvalue weighted by Gasteiger charge is -2.40. The Balaban J connectivity index is 1.81. The van der Waals surface area contributed by atoms with Crippen molar-refractivity contribution in [2.45, 2.75) is 37.1 Å². The summed E-state index contributed by atoms with van der Waals surface area (Å²) in [6.45, 7) is -0.521. The number of rotatable bonds is 3. The smallest absolute Gasteiger partial charge is 0.178 e. The third-order valence-corrected chi connectivity index (χ3v) is 4.48. The summed E-state index contributed by atoms with van der Waals surface area (Å²) in [5.74, 6) is 2.22. The Kier molecular flexibility index (Phi) is 4.90. The van der Waals surface area contributed by atoms with Gasteiger partial charge in [-0.3, -0.25) is 4.79 Å². The molecule has 3 unspecified atom stereocenters. The zero-order valence-corrected chi connectivity index (χ0v) is 13.3. The first kappa shape index (κ1) is 17.6. The molecule has 0 radical (unpaired) electrons. The molecule has 7 nitrogen and oxygen atoms in total. The molecule has 1 aliphatic carbocycles. The molecule has 0 bridgehead atoms. The Morgan fingerprint density at radius 2 is 2.04 bits per heavy atom. The first-order valence-corrected chi connectivity index (χ1v) is 7.86. The van der Waals surface area contributed by atoms with Gasteiger partial charge in [0.15, 0.2) is 12.1 Å². The number of ketones is 1. The van der Waals surface area contributed by atoms with Crippen LogP contribution in [0.3, 0.4) is 0 Å². The largest absolute Gasteiger partial charge is 0.394 e. The maximum atomic E-state index is 11.9. The molecule has 0 spiro atoms. The van der Waals surface area contributed by atoms with Gasteiger partial charge in [-0.2, -0.15) is 0 Å². The number of terminal acetylenes is 1. The van der Waals surface area contributed by atoms with Crippen LogP contribution in [0.5, 0.6) is 0 Å². The number of Topliss-reactive ketones (excluding diaryl/α,β-unsaturated/α-hetero) is 1. The second-order valence-corrected chi connectivity index (χ2v) is 6.11. The van der Waals surface area contributed by atoms with Crippen LogP contribution in [0.1, 0.15) is 11.1 Å². The molecule has 3 rings (SSSR count). The molecule has 2 aliphatic rings. The number of ether oxygens (including phenoxy) is 1. The maximum Gasteiger partial charge on any atom is 0.178 e. The first-order chi connectivity index (χ1) is 11.9. The van der Waals surface area contributed by atoms with Crippen molar-refractivity contribution in [2.24, 2.45) is 0 Å². The summed E-state index contributed by atoms with van der Waals surface area (Å²) in [5.41, 5.74) is 2.48. The number of carbonyl (C=O) groups excluding carboxylic acids is 1. The van der Waals surface area contributed by atoms with Gasteiger partial charge in [-0.05, 0) is 29.3 Å². The minimum absolute atomic E-state index is 0.144. The van der Waals surface area contributed by atoms with E-state index < -0.39 is 37.3 Å². The Morgan fingerprint density at radius 1 is 1.28 bits per heavy atom. The summed E-state index contributed by atoms with van der Waals surface area (Å²) in [4.78, 5) is 11.9. The Bertz CT molecular complexity index is 752. The number of hydrogen-bond donors (Lipinski definition) is 5. The van der Waals surface area contributed by atoms with E-state index in [2.05, 4.69) is 11.2 Å². The summed E-state index contributed by atoms with van der Waals surface area (Å²) < 4.78 is 5.11. The second kappa shape index (κ2) is 6.96. The van der Waals surface area contributed by atoms with Gasteiger partial charge in [-0.25, -0.2) is 0 Å². The lowest BCUT2D eigenvalue weighted by Crippen LogP contribution is -2.61. The molecule has 1 saturated heterocycles. The van der Waals surface area contributed by atoms with E-state index in [4.69, 9.17) is 16.3 Å². The first-order valence-electron chi connectivity index (χ1n) is 7.86. The lowest BCUT2D eigenvalue weighted by atomic mass is 9.91. The van der Waals surface area contributed by atoms with Gasteiger partial charge in [0.2, 0.25) is 0 Å². The van der Waals surface area contributed by atoms with Gasteiger partial charge in [-0.1, -0.05) is 12.0 Å². The molecule has 1 aliphatic heterocycles. The van der Waals surface area contributed by atoms with Crippen LogP contribution in [0.4, 0.5) is 5.69 Å². The molecule has 5 atom stereocenters. The van der Waals surface area contributed by atoms with E-state index in [1.54, 1.807) is 24.3 Å². The van der Waals surface area contributed by atoms with Crippen molar-refractivity contribution in [3.8, 4) is 12.3 Å². The highest BCUT2D eigenvalue weighted by atomic mass is 16.6. The number of benzene rings is 1. The molecule has 1 aromatic carbocycles. The minimum atomic E-state index is -1.42. The fraction of sp³-hybridized carbons (Fsp3) is 0.389. The van der Waals surface area contributed by atoms with E-state index >= 15 is 0 Å². The summed E-state index contributed by atoms with van der Waals surface area (Å²) in [5, 5.41) is 42.1. The third-order valence-electron chi connectivity index (χ3n) is 4.48. The van der Waals surface area contributed by atoms with Crippen LogP contribution in [0, 0.1) is 12.3 Å². The van der Waals surface area contributed by atoms with Crippen molar-refractivity contribution in [1.29, 1.82) is 0 Å². The Morgan fingerprint density at radius 3 is 2.72 bits per heavy atom. The number of allylic oxidation sites excluding steroid dienone is 1. The second-order valence-electron chi connectivity index (χ2n) is 6.11. The summed E-state index contributed by atoms with van der Waals surface area (Å²) in [6, 6.07) is 4.22. The van der Waals surface area contributed by atoms with Crippen LogP contribution in [0.15, 0.2) is 23.8 Å². The molecule has 1 aromatic rings. The molecule has 5 N–H and O–H groups in total. The summed E-state index contributed by atoms with van der Waals surface area (Å²) >= 11 is 0. The topological polar surface area (TPSA) is 119 Å². The van der Waals surface area contributed by atoms with Gasteiger partial charge in [0.05, 0.1) is 12.2 Å². The monoisotopic (exact) mass is 345 g/mol. The van der Waals surface area contributed by atoms with Crippen LogP contribution in [0.25, 0.3) is 6.08 Å². The normalized spacial score (nSPS) is 31.7. The van der Waals surface area contributed by atoms with Gasteiger partial charge >= 0.3 is 0 Å². The molecular weight excluding hydrogens is 326 g/mol. The van der Waals surface area contributed by atoms with E-state index in [9.17, 15) is 20.1 Å². The van der Waals surface area contributed by atoms with Gasteiger partial charge in [0.1, 0.15) is 24.4 Å². The Labute approximate surface area is 144 Å². The average molecular weight is 345 g/mol. The van der Waals surface area contributed by atoms with Crippen LogP contribution < -0.4 is 5.32 Å². The average Bonchev–Trinajstić information content (AvgIpc) is 2.61. The number of hydrogen-bond acceptors (Lipinski definition) is 7. The van der Waals surface area contributed by atoms with E-state index in [0.717, 1.165) is 11.1 Å². The Hall–Kier alpha value is -2.21. The lowest BCUT2D eigenvalue weighted by molar-refractivity contribution is -0.245. The third kappa shape index (κ3) is 3.31. The van der Waals surface area contributed by atoms with Crippen molar-refractivity contribution in [1.82, 2.24) is 0 Å². The van der Waals surface area contributed by atoms with Crippen LogP contribution in [-0.4, -0.2) is 63.5 Å². The quantitative estimate of drug-likeness (QED) is 0.448. The van der Waals surface area contributed by atoms with Gasteiger partial charge in [0.25, 0.3) is 0 Å². The van der Waals surface area contributed by atoms with E-state index in [0.29, 0.717) is 11.3 Å². The zero-order chi connectivity index (χ0) is 18.1. The van der Waals surface area contributed by atoms with Crippen LogP contribution in [0.2, 0.25) is 0 Å². The van der Waals surface area contributed by atoms with E-state index in [-0.39, 0.29) is 12.2 Å². The molecule has 25 heavy (non-hydrogen) atoms. The molecule has 0 saturated carbocycles. The molecule has 0 aromatic heterocycles. The number of anilines is 1. The molecule has 132 valence electrons. The highest BCUT2D eigenvalue weighted by Gasteiger charge is 2.43.